The van der Waals surface area contributed by atoms with Crippen LogP contribution in [0.15, 0.2) is 53.5 Å². The monoisotopic (exact) mass is 341 g/mol. The molecule has 1 unspecified atom stereocenters. The molecule has 2 N–H and O–H groups in total. The molecule has 2 aromatic rings. The van der Waals surface area contributed by atoms with Crippen molar-refractivity contribution >= 4 is 6.03 Å². The fourth-order valence-electron chi connectivity index (χ4n) is 2.98. The third kappa shape index (κ3) is 4.70. The van der Waals surface area contributed by atoms with Crippen molar-refractivity contribution in [3.05, 3.63) is 70.1 Å². The van der Waals surface area contributed by atoms with Crippen LogP contribution in [0, 0.1) is 0 Å². The van der Waals surface area contributed by atoms with Gasteiger partial charge in [0.2, 0.25) is 0 Å². The first-order valence-electron chi connectivity index (χ1n) is 8.57. The van der Waals surface area contributed by atoms with E-state index in [-0.39, 0.29) is 24.2 Å². The molecular weight excluding hydrogens is 318 g/mol. The number of rotatable bonds is 6. The third-order valence-electron chi connectivity index (χ3n) is 4.42. The van der Waals surface area contributed by atoms with E-state index in [0.717, 1.165) is 12.8 Å². The van der Waals surface area contributed by atoms with Gasteiger partial charge in [0.1, 0.15) is 0 Å². The molecule has 0 radical (unpaired) electrons. The number of urea groups is 1. The van der Waals surface area contributed by atoms with Crippen molar-refractivity contribution < 1.29 is 9.53 Å². The molecule has 25 heavy (non-hydrogen) atoms. The van der Waals surface area contributed by atoms with Gasteiger partial charge in [0, 0.05) is 31.5 Å². The number of nitrogens with zero attached hydrogens (tertiary/aromatic N) is 1. The van der Waals surface area contributed by atoms with Gasteiger partial charge in [0.25, 0.3) is 5.56 Å². The average Bonchev–Trinajstić information content (AvgIpc) is 3.16. The van der Waals surface area contributed by atoms with E-state index in [0.29, 0.717) is 25.3 Å². The molecule has 1 fully saturated rings. The predicted octanol–water partition coefficient (Wildman–Crippen LogP) is 1.92. The summed E-state index contributed by atoms with van der Waals surface area (Å²) in [5, 5.41) is 2.86. The zero-order valence-electron chi connectivity index (χ0n) is 14.1. The molecule has 2 amide bonds. The van der Waals surface area contributed by atoms with E-state index in [2.05, 4.69) is 22.4 Å². The van der Waals surface area contributed by atoms with Crippen molar-refractivity contribution in [2.75, 3.05) is 19.8 Å². The summed E-state index contributed by atoms with van der Waals surface area (Å²) in [7, 11) is 0. The number of hydrogen-bond acceptors (Lipinski definition) is 3. The van der Waals surface area contributed by atoms with Crippen LogP contribution in [-0.4, -0.2) is 41.7 Å². The highest BCUT2D eigenvalue weighted by Crippen LogP contribution is 2.14. The second-order valence-corrected chi connectivity index (χ2v) is 6.13. The smallest absolute Gasteiger partial charge is 0.318 e. The maximum Gasteiger partial charge on any atom is 0.318 e. The first-order chi connectivity index (χ1) is 12.2. The molecule has 132 valence electrons. The van der Waals surface area contributed by atoms with Gasteiger partial charge in [-0.1, -0.05) is 36.4 Å². The molecule has 1 aromatic carbocycles. The van der Waals surface area contributed by atoms with Crippen molar-refractivity contribution in [3.63, 3.8) is 0 Å². The second-order valence-electron chi connectivity index (χ2n) is 6.13. The third-order valence-corrected chi connectivity index (χ3v) is 4.42. The number of aromatic amines is 1. The van der Waals surface area contributed by atoms with E-state index >= 15 is 0 Å². The number of carbonyl (C=O) groups is 1. The van der Waals surface area contributed by atoms with Crippen LogP contribution in [0.4, 0.5) is 4.79 Å². The van der Waals surface area contributed by atoms with Gasteiger partial charge in [0.15, 0.2) is 0 Å². The van der Waals surface area contributed by atoms with E-state index in [1.807, 2.05) is 23.1 Å². The molecule has 1 saturated heterocycles. The van der Waals surface area contributed by atoms with Gasteiger partial charge in [0.05, 0.1) is 12.6 Å². The van der Waals surface area contributed by atoms with Gasteiger partial charge in [-0.05, 0) is 24.5 Å². The van der Waals surface area contributed by atoms with Crippen LogP contribution < -0.4 is 10.9 Å². The van der Waals surface area contributed by atoms with Crippen LogP contribution in [0.1, 0.15) is 17.5 Å². The Hall–Kier alpha value is -2.60. The lowest BCUT2D eigenvalue weighted by atomic mass is 10.1. The Bertz CT molecular complexity index is 739. The summed E-state index contributed by atoms with van der Waals surface area (Å²) in [5.74, 6) is 0. The Kier molecular flexibility index (Phi) is 5.85. The number of pyridine rings is 1. The molecule has 3 rings (SSSR count). The van der Waals surface area contributed by atoms with Gasteiger partial charge >= 0.3 is 6.03 Å². The molecule has 2 heterocycles. The maximum absolute atomic E-state index is 12.7. The number of nitrogens with one attached hydrogen (secondary N) is 2. The molecule has 0 spiro atoms. The fraction of sp³-hybridized carbons (Fsp3) is 0.368. The molecule has 6 heteroatoms. The van der Waals surface area contributed by atoms with Crippen molar-refractivity contribution in [2.45, 2.75) is 25.4 Å². The molecule has 0 saturated carbocycles. The number of hydrogen-bond donors (Lipinski definition) is 2. The van der Waals surface area contributed by atoms with Crippen LogP contribution in [0.3, 0.4) is 0 Å². The number of carbonyl (C=O) groups excluding carboxylic acids is 1. The average molecular weight is 341 g/mol. The maximum atomic E-state index is 12.7. The predicted molar refractivity (Wildman–Crippen MR) is 95.4 cm³/mol. The lowest BCUT2D eigenvalue weighted by Crippen LogP contribution is -2.47. The first-order valence-corrected chi connectivity index (χ1v) is 8.57. The topological polar surface area (TPSA) is 74.4 Å². The minimum Gasteiger partial charge on any atom is -0.379 e. The van der Waals surface area contributed by atoms with Gasteiger partial charge in [-0.15, -0.1) is 0 Å². The second kappa shape index (κ2) is 8.48. The zero-order chi connectivity index (χ0) is 17.5. The summed E-state index contributed by atoms with van der Waals surface area (Å²) in [6, 6.07) is 13.5. The van der Waals surface area contributed by atoms with E-state index < -0.39 is 0 Å². The molecule has 1 aliphatic heterocycles. The first kappa shape index (κ1) is 17.2. The Balaban J connectivity index is 1.62. The Labute approximate surface area is 146 Å². The van der Waals surface area contributed by atoms with Crippen LogP contribution in [0.2, 0.25) is 0 Å². The van der Waals surface area contributed by atoms with Gasteiger partial charge in [-0.25, -0.2) is 4.79 Å². The Morgan fingerprint density at radius 1 is 1.24 bits per heavy atom. The highest BCUT2D eigenvalue weighted by atomic mass is 16.5. The highest BCUT2D eigenvalue weighted by molar-refractivity contribution is 5.74. The lowest BCUT2D eigenvalue weighted by molar-refractivity contribution is 0.146. The normalized spacial score (nSPS) is 16.6. The summed E-state index contributed by atoms with van der Waals surface area (Å²) in [6.45, 7) is 2.08. The highest BCUT2D eigenvalue weighted by Gasteiger charge is 2.27. The summed E-state index contributed by atoms with van der Waals surface area (Å²) in [4.78, 5) is 28.9. The van der Waals surface area contributed by atoms with Gasteiger partial charge < -0.3 is 19.9 Å². The molecule has 1 aliphatic rings. The standard InChI is InChI=1S/C19H23N3O3/c23-18-16(7-4-10-20-18)13-21-19(24)22(17-9-12-25-14-17)11-8-15-5-2-1-3-6-15/h1-7,10,17H,8-9,11-14H2,(H,20,23)(H,21,24). The molecule has 0 aliphatic carbocycles. The van der Waals surface area contributed by atoms with Crippen molar-refractivity contribution in [2.24, 2.45) is 0 Å². The largest absolute Gasteiger partial charge is 0.379 e. The fourth-order valence-corrected chi connectivity index (χ4v) is 2.98. The molecule has 1 aromatic heterocycles. The number of H-pyrrole nitrogens is 1. The SMILES string of the molecule is O=C(NCc1ccc[nH]c1=O)N(CCc1ccccc1)C1CCOC1. The summed E-state index contributed by atoms with van der Waals surface area (Å²) >= 11 is 0. The number of ether oxygens (including phenoxy) is 1. The summed E-state index contributed by atoms with van der Waals surface area (Å²) in [5.41, 5.74) is 1.56. The van der Waals surface area contributed by atoms with Crippen LogP contribution in [0.25, 0.3) is 0 Å². The van der Waals surface area contributed by atoms with Crippen LogP contribution in [0.5, 0.6) is 0 Å². The van der Waals surface area contributed by atoms with Crippen LogP contribution >= 0.6 is 0 Å². The van der Waals surface area contributed by atoms with Gasteiger partial charge in [-0.3, -0.25) is 4.79 Å². The van der Waals surface area contributed by atoms with Crippen molar-refractivity contribution in [1.29, 1.82) is 0 Å². The van der Waals surface area contributed by atoms with Crippen molar-refractivity contribution in [1.82, 2.24) is 15.2 Å². The molecule has 6 nitrogen and oxygen atoms in total. The zero-order valence-corrected chi connectivity index (χ0v) is 14.1. The van der Waals surface area contributed by atoms with Crippen molar-refractivity contribution in [3.8, 4) is 0 Å². The number of benzene rings is 1. The van der Waals surface area contributed by atoms with E-state index in [9.17, 15) is 9.59 Å². The lowest BCUT2D eigenvalue weighted by Gasteiger charge is -2.28. The minimum absolute atomic E-state index is 0.0813. The number of aromatic nitrogens is 1. The van der Waals surface area contributed by atoms with E-state index in [1.54, 1.807) is 18.3 Å². The minimum atomic E-state index is -0.178. The van der Waals surface area contributed by atoms with Gasteiger partial charge in [-0.2, -0.15) is 0 Å². The molecular formula is C19H23N3O3. The molecule has 0 bridgehead atoms. The Morgan fingerprint density at radius 3 is 2.80 bits per heavy atom. The van der Waals surface area contributed by atoms with Crippen LogP contribution in [-0.2, 0) is 17.7 Å². The molecule has 1 atom stereocenters. The summed E-state index contributed by atoms with van der Waals surface area (Å²) in [6.07, 6.45) is 3.21. The number of amides is 2. The Morgan fingerprint density at radius 2 is 2.08 bits per heavy atom. The van der Waals surface area contributed by atoms with E-state index in [1.165, 1.54) is 5.56 Å². The quantitative estimate of drug-likeness (QED) is 0.843. The summed E-state index contributed by atoms with van der Waals surface area (Å²) < 4.78 is 5.45. The van der Waals surface area contributed by atoms with E-state index in [4.69, 9.17) is 4.74 Å².